The Balaban J connectivity index is 2.81. The topological polar surface area (TPSA) is 127 Å². The molecule has 0 aromatic heterocycles. The predicted octanol–water partition coefficient (Wildman–Crippen LogP) is 1.91. The molecule has 0 spiro atoms. The third-order valence-corrected chi connectivity index (χ3v) is 2.91. The molecular formula is C14H12N2O4. The molecule has 0 atom stereocenters. The third kappa shape index (κ3) is 2.14. The van der Waals surface area contributed by atoms with Crippen molar-refractivity contribution < 1.29 is 19.8 Å². The van der Waals surface area contributed by atoms with Gasteiger partial charge in [0.05, 0.1) is 16.8 Å². The first-order valence-corrected chi connectivity index (χ1v) is 5.67. The van der Waals surface area contributed by atoms with Crippen LogP contribution in [0.2, 0.25) is 0 Å². The number of carboxylic acids is 2. The first-order chi connectivity index (χ1) is 9.43. The molecule has 0 amide bonds. The van der Waals surface area contributed by atoms with E-state index in [1.54, 1.807) is 30.3 Å². The van der Waals surface area contributed by atoms with Gasteiger partial charge in [0.25, 0.3) is 0 Å². The summed E-state index contributed by atoms with van der Waals surface area (Å²) in [7, 11) is 0. The van der Waals surface area contributed by atoms with E-state index in [1.807, 2.05) is 0 Å². The van der Waals surface area contributed by atoms with Crippen LogP contribution in [0.3, 0.4) is 0 Å². The maximum absolute atomic E-state index is 11.3. The molecule has 0 radical (unpaired) electrons. The molecule has 102 valence electrons. The SMILES string of the molecule is Nc1cc(-c2ccccc2)c(N)c(C(=O)O)c1C(=O)O. The Hall–Kier alpha value is -3.02. The van der Waals surface area contributed by atoms with Crippen molar-refractivity contribution in [2.45, 2.75) is 0 Å². The van der Waals surface area contributed by atoms with Gasteiger partial charge in [-0.2, -0.15) is 0 Å². The highest BCUT2D eigenvalue weighted by molar-refractivity contribution is 6.11. The van der Waals surface area contributed by atoms with Crippen LogP contribution in [-0.2, 0) is 0 Å². The summed E-state index contributed by atoms with van der Waals surface area (Å²) in [5.41, 5.74) is 11.3. The number of hydrogen-bond acceptors (Lipinski definition) is 4. The Morgan fingerprint density at radius 2 is 1.45 bits per heavy atom. The van der Waals surface area contributed by atoms with Crippen LogP contribution >= 0.6 is 0 Å². The molecule has 2 rings (SSSR count). The van der Waals surface area contributed by atoms with E-state index in [9.17, 15) is 14.7 Å². The minimum atomic E-state index is -1.43. The quantitative estimate of drug-likeness (QED) is 0.632. The Bertz CT molecular complexity index is 696. The molecule has 2 aromatic carbocycles. The summed E-state index contributed by atoms with van der Waals surface area (Å²) < 4.78 is 0. The maximum atomic E-state index is 11.3. The standard InChI is InChI=1S/C14H12N2O4/c15-9-6-8(7-4-2-1-3-5-7)12(16)11(14(19)20)10(9)13(17)18/h1-6H,15-16H2,(H,17,18)(H,19,20). The number of rotatable bonds is 3. The average molecular weight is 272 g/mol. The van der Waals surface area contributed by atoms with E-state index in [2.05, 4.69) is 0 Å². The van der Waals surface area contributed by atoms with Crippen LogP contribution in [0.15, 0.2) is 36.4 Å². The van der Waals surface area contributed by atoms with Crippen molar-refractivity contribution in [3.8, 4) is 11.1 Å². The van der Waals surface area contributed by atoms with Gasteiger partial charge in [-0.1, -0.05) is 30.3 Å². The molecule has 0 aliphatic carbocycles. The van der Waals surface area contributed by atoms with Crippen molar-refractivity contribution in [1.29, 1.82) is 0 Å². The molecule has 0 aliphatic rings. The van der Waals surface area contributed by atoms with Gasteiger partial charge in [0.1, 0.15) is 0 Å². The van der Waals surface area contributed by atoms with Gasteiger partial charge in [0.15, 0.2) is 0 Å². The molecule has 0 bridgehead atoms. The fourth-order valence-corrected chi connectivity index (χ4v) is 2.03. The summed E-state index contributed by atoms with van der Waals surface area (Å²) in [4.78, 5) is 22.4. The van der Waals surface area contributed by atoms with Gasteiger partial charge in [-0.15, -0.1) is 0 Å². The lowest BCUT2D eigenvalue weighted by molar-refractivity contribution is 0.0653. The highest BCUT2D eigenvalue weighted by Crippen LogP contribution is 2.34. The molecule has 0 aliphatic heterocycles. The van der Waals surface area contributed by atoms with E-state index in [1.165, 1.54) is 6.07 Å². The van der Waals surface area contributed by atoms with E-state index in [-0.39, 0.29) is 11.4 Å². The fourth-order valence-electron chi connectivity index (χ4n) is 2.03. The smallest absolute Gasteiger partial charge is 0.338 e. The molecule has 6 heteroatoms. The van der Waals surface area contributed by atoms with Gasteiger partial charge in [0.2, 0.25) is 0 Å². The lowest BCUT2D eigenvalue weighted by Crippen LogP contribution is -2.15. The summed E-state index contributed by atoms with van der Waals surface area (Å²) in [5.74, 6) is -2.85. The number of nitrogen functional groups attached to an aromatic ring is 2. The van der Waals surface area contributed by atoms with Crippen LogP contribution in [-0.4, -0.2) is 22.2 Å². The second kappa shape index (κ2) is 4.93. The van der Waals surface area contributed by atoms with Gasteiger partial charge < -0.3 is 21.7 Å². The second-order valence-electron chi connectivity index (χ2n) is 4.15. The summed E-state index contributed by atoms with van der Waals surface area (Å²) in [5, 5.41) is 18.3. The number of carboxylic acid groups (broad SMARTS) is 2. The number of benzene rings is 2. The van der Waals surface area contributed by atoms with E-state index in [0.29, 0.717) is 11.1 Å². The van der Waals surface area contributed by atoms with Crippen molar-refractivity contribution in [2.24, 2.45) is 0 Å². The number of carbonyl (C=O) groups is 2. The minimum absolute atomic E-state index is 0.115. The van der Waals surface area contributed by atoms with Gasteiger partial charge in [-0.3, -0.25) is 0 Å². The molecule has 0 saturated carbocycles. The molecule has 0 heterocycles. The Labute approximate surface area is 114 Å². The van der Waals surface area contributed by atoms with Crippen LogP contribution in [0.1, 0.15) is 20.7 Å². The Kier molecular flexibility index (Phi) is 3.30. The third-order valence-electron chi connectivity index (χ3n) is 2.91. The summed E-state index contributed by atoms with van der Waals surface area (Å²) in [6.07, 6.45) is 0. The maximum Gasteiger partial charge on any atom is 0.338 e. The van der Waals surface area contributed by atoms with Crippen molar-refractivity contribution in [2.75, 3.05) is 11.5 Å². The largest absolute Gasteiger partial charge is 0.478 e. The van der Waals surface area contributed by atoms with E-state index in [0.717, 1.165) is 0 Å². The number of hydrogen-bond donors (Lipinski definition) is 4. The normalized spacial score (nSPS) is 10.2. The fraction of sp³-hybridized carbons (Fsp3) is 0. The van der Waals surface area contributed by atoms with Crippen LogP contribution < -0.4 is 11.5 Å². The first-order valence-electron chi connectivity index (χ1n) is 5.67. The van der Waals surface area contributed by atoms with Crippen LogP contribution in [0.4, 0.5) is 11.4 Å². The Morgan fingerprint density at radius 1 is 0.900 bits per heavy atom. The van der Waals surface area contributed by atoms with Crippen molar-refractivity contribution >= 4 is 23.3 Å². The van der Waals surface area contributed by atoms with Gasteiger partial charge in [-0.25, -0.2) is 9.59 Å². The average Bonchev–Trinajstić information content (AvgIpc) is 2.40. The van der Waals surface area contributed by atoms with Crippen LogP contribution in [0.5, 0.6) is 0 Å². The summed E-state index contributed by atoms with van der Waals surface area (Å²) in [6, 6.07) is 10.2. The molecular weight excluding hydrogens is 260 g/mol. The molecule has 0 fully saturated rings. The van der Waals surface area contributed by atoms with Gasteiger partial charge in [0, 0.05) is 11.3 Å². The zero-order valence-corrected chi connectivity index (χ0v) is 10.3. The molecule has 6 nitrogen and oxygen atoms in total. The van der Waals surface area contributed by atoms with Gasteiger partial charge in [-0.05, 0) is 11.6 Å². The monoisotopic (exact) mass is 272 g/mol. The van der Waals surface area contributed by atoms with E-state index in [4.69, 9.17) is 16.6 Å². The van der Waals surface area contributed by atoms with Crippen molar-refractivity contribution in [3.05, 3.63) is 47.5 Å². The zero-order chi connectivity index (χ0) is 14.9. The summed E-state index contributed by atoms with van der Waals surface area (Å²) >= 11 is 0. The molecule has 20 heavy (non-hydrogen) atoms. The number of anilines is 2. The van der Waals surface area contributed by atoms with Gasteiger partial charge >= 0.3 is 11.9 Å². The van der Waals surface area contributed by atoms with Crippen LogP contribution in [0, 0.1) is 0 Å². The lowest BCUT2D eigenvalue weighted by Gasteiger charge is -2.13. The molecule has 6 N–H and O–H groups in total. The summed E-state index contributed by atoms with van der Waals surface area (Å²) in [6.45, 7) is 0. The Morgan fingerprint density at radius 3 is 1.95 bits per heavy atom. The predicted molar refractivity (Wildman–Crippen MR) is 74.6 cm³/mol. The van der Waals surface area contributed by atoms with E-state index < -0.39 is 23.1 Å². The molecule has 0 saturated heterocycles. The number of nitrogens with two attached hydrogens (primary N) is 2. The minimum Gasteiger partial charge on any atom is -0.478 e. The first kappa shape index (κ1) is 13.4. The van der Waals surface area contributed by atoms with Crippen molar-refractivity contribution in [3.63, 3.8) is 0 Å². The van der Waals surface area contributed by atoms with Crippen LogP contribution in [0.25, 0.3) is 11.1 Å². The highest BCUT2D eigenvalue weighted by Gasteiger charge is 2.25. The molecule has 0 unspecified atom stereocenters. The number of aromatic carboxylic acids is 2. The van der Waals surface area contributed by atoms with E-state index >= 15 is 0 Å². The lowest BCUT2D eigenvalue weighted by atomic mass is 9.94. The zero-order valence-electron chi connectivity index (χ0n) is 10.3. The molecule has 2 aromatic rings. The second-order valence-corrected chi connectivity index (χ2v) is 4.15. The van der Waals surface area contributed by atoms with Crippen molar-refractivity contribution in [1.82, 2.24) is 0 Å². The highest BCUT2D eigenvalue weighted by atomic mass is 16.4.